The van der Waals surface area contributed by atoms with Crippen molar-refractivity contribution in [3.05, 3.63) is 53.4 Å². The van der Waals surface area contributed by atoms with Crippen LogP contribution in [0.3, 0.4) is 0 Å². The first-order valence-electron chi connectivity index (χ1n) is 13.1. The molecule has 39 heavy (non-hydrogen) atoms. The molecule has 1 aromatic heterocycles. The number of halogens is 1. The van der Waals surface area contributed by atoms with Crippen LogP contribution in [0.5, 0.6) is 5.75 Å². The van der Waals surface area contributed by atoms with Crippen LogP contribution in [-0.4, -0.2) is 67.0 Å². The number of likely N-dealkylation sites (tertiary alicyclic amines) is 1. The number of hydrogen-bond acceptors (Lipinski definition) is 8. The molecule has 2 saturated heterocycles. The lowest BCUT2D eigenvalue weighted by Crippen LogP contribution is -2.40. The maximum atomic E-state index is 13.3. The highest BCUT2D eigenvalue weighted by molar-refractivity contribution is 7.89. The van der Waals surface area contributed by atoms with E-state index in [-0.39, 0.29) is 22.5 Å². The van der Waals surface area contributed by atoms with Gasteiger partial charge in [0, 0.05) is 30.9 Å². The van der Waals surface area contributed by atoms with E-state index in [1.807, 2.05) is 18.2 Å². The van der Waals surface area contributed by atoms with Gasteiger partial charge < -0.3 is 14.6 Å². The lowest BCUT2D eigenvalue weighted by atomic mass is 9.97. The molecule has 2 aliphatic heterocycles. The van der Waals surface area contributed by atoms with Crippen molar-refractivity contribution in [3.63, 3.8) is 0 Å². The summed E-state index contributed by atoms with van der Waals surface area (Å²) in [6, 6.07) is 12.1. The molecule has 3 aromatic rings. The molecule has 1 N–H and O–H groups in total. The number of rotatable bonds is 8. The van der Waals surface area contributed by atoms with Gasteiger partial charge in [-0.3, -0.25) is 9.69 Å². The molecule has 0 spiro atoms. The first-order chi connectivity index (χ1) is 18.8. The molecule has 1 atom stereocenters. The number of aromatic nitrogens is 2. The highest BCUT2D eigenvalue weighted by Gasteiger charge is 2.31. The number of nitrogens with one attached hydrogen (secondary N) is 1. The molecule has 1 amide bonds. The first kappa shape index (κ1) is 27.6. The van der Waals surface area contributed by atoms with Crippen LogP contribution < -0.4 is 10.1 Å². The van der Waals surface area contributed by atoms with Crippen LogP contribution in [0, 0.1) is 5.92 Å². The molecule has 2 aromatic carbocycles. The van der Waals surface area contributed by atoms with Gasteiger partial charge in [0.1, 0.15) is 10.6 Å². The zero-order valence-electron chi connectivity index (χ0n) is 21.8. The number of carbonyl (C=O) groups is 1. The molecule has 0 radical (unpaired) electrons. The third-order valence-electron chi connectivity index (χ3n) is 7.18. The van der Waals surface area contributed by atoms with Gasteiger partial charge >= 0.3 is 0 Å². The van der Waals surface area contributed by atoms with Crippen molar-refractivity contribution in [2.45, 2.75) is 43.5 Å². The summed E-state index contributed by atoms with van der Waals surface area (Å²) in [5.74, 6) is 0.714. The maximum Gasteiger partial charge on any atom is 0.246 e. The summed E-state index contributed by atoms with van der Waals surface area (Å²) in [4.78, 5) is 19.9. The Morgan fingerprint density at radius 1 is 1.13 bits per heavy atom. The van der Waals surface area contributed by atoms with Gasteiger partial charge in [-0.15, -0.1) is 0 Å². The SMILES string of the molecule is COc1ccc(NC(=O)C2CCCN(Cc3nc(-c4ccccc4Cl)no3)C2)cc1S(=O)(=O)N1CCCCC1. The van der Waals surface area contributed by atoms with E-state index in [0.29, 0.717) is 54.2 Å². The first-order valence-corrected chi connectivity index (χ1v) is 15.0. The Morgan fingerprint density at radius 2 is 1.92 bits per heavy atom. The second kappa shape index (κ2) is 12.0. The molecular formula is C27H32ClN5O5S. The fraction of sp³-hybridized carbons (Fsp3) is 0.444. The van der Waals surface area contributed by atoms with Gasteiger partial charge in [-0.25, -0.2) is 8.42 Å². The summed E-state index contributed by atoms with van der Waals surface area (Å²) < 4.78 is 39.0. The Labute approximate surface area is 233 Å². The van der Waals surface area contributed by atoms with E-state index in [1.165, 1.54) is 17.5 Å². The lowest BCUT2D eigenvalue weighted by molar-refractivity contribution is -0.121. The van der Waals surface area contributed by atoms with Crippen molar-refractivity contribution >= 4 is 33.2 Å². The Kier molecular flexibility index (Phi) is 8.51. The number of ether oxygens (including phenoxy) is 1. The van der Waals surface area contributed by atoms with Gasteiger partial charge in [-0.05, 0) is 62.6 Å². The second-order valence-corrected chi connectivity index (χ2v) is 12.2. The van der Waals surface area contributed by atoms with Gasteiger partial charge in [0.05, 0.1) is 24.6 Å². The summed E-state index contributed by atoms with van der Waals surface area (Å²) in [5, 5.41) is 7.53. The largest absolute Gasteiger partial charge is 0.495 e. The van der Waals surface area contributed by atoms with Crippen LogP contribution in [0.25, 0.3) is 11.4 Å². The lowest BCUT2D eigenvalue weighted by Gasteiger charge is -2.31. The quantitative estimate of drug-likeness (QED) is 0.421. The van der Waals surface area contributed by atoms with Gasteiger partial charge in [-0.2, -0.15) is 9.29 Å². The predicted octanol–water partition coefficient (Wildman–Crippen LogP) is 4.42. The van der Waals surface area contributed by atoms with E-state index >= 15 is 0 Å². The number of sulfonamides is 1. The summed E-state index contributed by atoms with van der Waals surface area (Å²) in [6.07, 6.45) is 4.25. The molecule has 2 fully saturated rings. The second-order valence-electron chi connectivity index (χ2n) is 9.89. The Morgan fingerprint density at radius 3 is 2.69 bits per heavy atom. The summed E-state index contributed by atoms with van der Waals surface area (Å²) in [6.45, 7) is 2.71. The zero-order valence-corrected chi connectivity index (χ0v) is 23.4. The molecule has 2 aliphatic rings. The van der Waals surface area contributed by atoms with E-state index in [2.05, 4.69) is 20.4 Å². The van der Waals surface area contributed by atoms with Crippen molar-refractivity contribution in [3.8, 4) is 17.1 Å². The van der Waals surface area contributed by atoms with Gasteiger partial charge in [0.25, 0.3) is 0 Å². The van der Waals surface area contributed by atoms with Crippen LogP contribution in [0.2, 0.25) is 5.02 Å². The molecule has 0 saturated carbocycles. The smallest absolute Gasteiger partial charge is 0.246 e. The van der Waals surface area contributed by atoms with Crippen LogP contribution in [0.15, 0.2) is 51.9 Å². The third kappa shape index (κ3) is 6.27. The fourth-order valence-electron chi connectivity index (χ4n) is 5.12. The van der Waals surface area contributed by atoms with E-state index in [9.17, 15) is 13.2 Å². The third-order valence-corrected chi connectivity index (χ3v) is 9.43. The van der Waals surface area contributed by atoms with E-state index in [1.54, 1.807) is 18.2 Å². The number of amides is 1. The van der Waals surface area contributed by atoms with E-state index < -0.39 is 10.0 Å². The number of benzene rings is 2. The van der Waals surface area contributed by atoms with Crippen molar-refractivity contribution in [2.75, 3.05) is 38.6 Å². The monoisotopic (exact) mass is 573 g/mol. The number of hydrogen-bond donors (Lipinski definition) is 1. The number of piperidine rings is 2. The molecule has 208 valence electrons. The summed E-state index contributed by atoms with van der Waals surface area (Å²) >= 11 is 6.25. The predicted molar refractivity (Wildman–Crippen MR) is 147 cm³/mol. The Hall–Kier alpha value is -2.99. The molecule has 10 nitrogen and oxygen atoms in total. The van der Waals surface area contributed by atoms with E-state index in [4.69, 9.17) is 20.9 Å². The number of methoxy groups -OCH3 is 1. The molecule has 12 heteroatoms. The number of carbonyl (C=O) groups excluding carboxylic acids is 1. The minimum absolute atomic E-state index is 0.0701. The molecule has 1 unspecified atom stereocenters. The summed E-state index contributed by atoms with van der Waals surface area (Å²) in [5.41, 5.74) is 1.13. The van der Waals surface area contributed by atoms with Crippen molar-refractivity contribution in [1.29, 1.82) is 0 Å². The van der Waals surface area contributed by atoms with Crippen LogP contribution in [-0.2, 0) is 21.4 Å². The summed E-state index contributed by atoms with van der Waals surface area (Å²) in [7, 11) is -2.29. The normalized spacial score (nSPS) is 19.1. The average molecular weight is 574 g/mol. The standard InChI is InChI=1S/C27H32ClN5O5S/c1-37-23-12-11-20(16-24(23)39(35,36)33-14-5-2-6-15-33)29-27(34)19-8-7-13-32(17-19)18-25-30-26(31-38-25)21-9-3-4-10-22(21)28/h3-4,9-12,16,19H,2,5-8,13-15,17-18H2,1H3,(H,29,34). The minimum atomic E-state index is -3.73. The number of nitrogens with zero attached hydrogens (tertiary/aromatic N) is 4. The highest BCUT2D eigenvalue weighted by Crippen LogP contribution is 2.32. The van der Waals surface area contributed by atoms with Gasteiger partial charge in [0.15, 0.2) is 0 Å². The topological polar surface area (TPSA) is 118 Å². The molecule has 0 aliphatic carbocycles. The fourth-order valence-corrected chi connectivity index (χ4v) is 7.04. The molecule has 0 bridgehead atoms. The van der Waals surface area contributed by atoms with Crippen LogP contribution in [0.4, 0.5) is 5.69 Å². The Balaban J connectivity index is 1.24. The number of anilines is 1. The van der Waals surface area contributed by atoms with Crippen LogP contribution in [0.1, 0.15) is 38.0 Å². The van der Waals surface area contributed by atoms with Gasteiger partial charge in [-0.1, -0.05) is 35.3 Å². The van der Waals surface area contributed by atoms with Gasteiger partial charge in [0.2, 0.25) is 27.6 Å². The Bertz CT molecular complexity index is 1420. The zero-order chi connectivity index (χ0) is 27.4. The minimum Gasteiger partial charge on any atom is -0.495 e. The van der Waals surface area contributed by atoms with Crippen molar-refractivity contribution in [1.82, 2.24) is 19.3 Å². The van der Waals surface area contributed by atoms with Crippen molar-refractivity contribution in [2.24, 2.45) is 5.92 Å². The van der Waals surface area contributed by atoms with Crippen LogP contribution >= 0.6 is 11.6 Å². The average Bonchev–Trinajstić information content (AvgIpc) is 3.42. The molecular weight excluding hydrogens is 542 g/mol. The molecule has 5 rings (SSSR count). The van der Waals surface area contributed by atoms with Crippen molar-refractivity contribution < 1.29 is 22.5 Å². The van der Waals surface area contributed by atoms with E-state index in [0.717, 1.165) is 38.6 Å². The maximum absolute atomic E-state index is 13.3. The molecule has 3 heterocycles. The highest BCUT2D eigenvalue weighted by atomic mass is 35.5.